The van der Waals surface area contributed by atoms with Crippen LogP contribution in [0.1, 0.15) is 39.2 Å². The molecule has 0 bridgehead atoms. The smallest absolute Gasteiger partial charge is 0.209 e. The quantitative estimate of drug-likeness (QED) is 0.789. The van der Waals surface area contributed by atoms with Crippen LogP contribution in [0, 0.1) is 17.1 Å². The van der Waals surface area contributed by atoms with Crippen molar-refractivity contribution in [3.05, 3.63) is 29.6 Å². The van der Waals surface area contributed by atoms with E-state index in [4.69, 9.17) is 5.26 Å². The van der Waals surface area contributed by atoms with Crippen LogP contribution in [0.25, 0.3) is 0 Å². The van der Waals surface area contributed by atoms with Gasteiger partial charge in [-0.25, -0.2) is 4.39 Å². The summed E-state index contributed by atoms with van der Waals surface area (Å²) in [5.74, 6) is -0.197. The van der Waals surface area contributed by atoms with Crippen molar-refractivity contribution in [3.8, 4) is 6.07 Å². The van der Waals surface area contributed by atoms with E-state index in [1.165, 1.54) is 6.07 Å². The van der Waals surface area contributed by atoms with Gasteiger partial charge in [0.05, 0.1) is 6.07 Å². The van der Waals surface area contributed by atoms with Crippen molar-refractivity contribution < 1.29 is 9.18 Å². The summed E-state index contributed by atoms with van der Waals surface area (Å²) in [4.78, 5) is 14.2. The first-order valence-electron chi connectivity index (χ1n) is 9.17. The van der Waals surface area contributed by atoms with Crippen LogP contribution >= 0.6 is 0 Å². The number of hydrogen-bond acceptors (Lipinski definition) is 4. The Morgan fingerprint density at radius 3 is 2.46 bits per heavy atom. The number of nitrogens with zero attached hydrogens (tertiary/aromatic N) is 3. The number of hydrogen-bond donors (Lipinski definition) is 1. The topological polar surface area (TPSA) is 59.4 Å². The highest BCUT2D eigenvalue weighted by atomic mass is 19.1. The molecule has 144 valence electrons. The van der Waals surface area contributed by atoms with Crippen molar-refractivity contribution in [1.82, 2.24) is 9.80 Å². The first-order valence-corrected chi connectivity index (χ1v) is 9.17. The average Bonchev–Trinajstić information content (AvgIpc) is 2.62. The fourth-order valence-corrected chi connectivity index (χ4v) is 2.51. The Hall–Kier alpha value is -2.13. The minimum Gasteiger partial charge on any atom is -0.368 e. The predicted octanol–water partition coefficient (Wildman–Crippen LogP) is 3.27. The standard InChI is InChI=1S/C14H19FN2.C6H12N2O/c1-4-5-6-11-7-8-12(9-13(11)15)17-14(2,3)10-16;1-7-2-4-8(6-9)5-3-7/h7-9,17H,4-6H2,1-3H3;6H,2-5H2,1H3. The summed E-state index contributed by atoms with van der Waals surface area (Å²) in [6, 6.07) is 7.21. The number of nitrogens with one attached hydrogen (secondary N) is 1. The number of carbonyl (C=O) groups is 1. The third-order valence-corrected chi connectivity index (χ3v) is 4.28. The molecule has 1 amide bonds. The number of nitriles is 1. The van der Waals surface area contributed by atoms with Gasteiger partial charge in [-0.1, -0.05) is 19.4 Å². The van der Waals surface area contributed by atoms with Gasteiger partial charge in [0, 0.05) is 31.9 Å². The maximum absolute atomic E-state index is 13.7. The second-order valence-corrected chi connectivity index (χ2v) is 7.22. The molecule has 26 heavy (non-hydrogen) atoms. The molecule has 6 heteroatoms. The highest BCUT2D eigenvalue weighted by Crippen LogP contribution is 2.19. The summed E-state index contributed by atoms with van der Waals surface area (Å²) < 4.78 is 13.7. The van der Waals surface area contributed by atoms with Crippen molar-refractivity contribution in [2.24, 2.45) is 0 Å². The second-order valence-electron chi connectivity index (χ2n) is 7.22. The molecular formula is C20H31FN4O. The lowest BCUT2D eigenvalue weighted by Crippen LogP contribution is -2.43. The molecule has 1 N–H and O–H groups in total. The molecule has 0 saturated carbocycles. The van der Waals surface area contributed by atoms with E-state index >= 15 is 0 Å². The van der Waals surface area contributed by atoms with Gasteiger partial charge in [0.1, 0.15) is 11.4 Å². The number of likely N-dealkylation sites (N-methyl/N-ethyl adjacent to an activating group) is 1. The number of amides is 1. The minimum absolute atomic E-state index is 0.197. The molecule has 1 aromatic rings. The largest absolute Gasteiger partial charge is 0.368 e. The van der Waals surface area contributed by atoms with Crippen LogP contribution in [0.3, 0.4) is 0 Å². The fourth-order valence-electron chi connectivity index (χ4n) is 2.51. The van der Waals surface area contributed by atoms with Crippen LogP contribution in [-0.2, 0) is 11.2 Å². The summed E-state index contributed by atoms with van der Waals surface area (Å²) in [5.41, 5.74) is 0.707. The van der Waals surface area contributed by atoms with Crippen molar-refractivity contribution in [2.45, 2.75) is 45.6 Å². The zero-order chi connectivity index (χ0) is 19.6. The van der Waals surface area contributed by atoms with E-state index in [1.54, 1.807) is 24.8 Å². The van der Waals surface area contributed by atoms with Crippen LogP contribution < -0.4 is 5.32 Å². The molecule has 0 unspecified atom stereocenters. The highest BCUT2D eigenvalue weighted by molar-refractivity contribution is 5.49. The predicted molar refractivity (Wildman–Crippen MR) is 103 cm³/mol. The molecule has 1 aliphatic heterocycles. The van der Waals surface area contributed by atoms with Crippen LogP contribution in [0.2, 0.25) is 0 Å². The SMILES string of the molecule is CCCCc1ccc(NC(C)(C)C#N)cc1F.CN1CCN(C=O)CC1. The van der Waals surface area contributed by atoms with Gasteiger partial charge >= 0.3 is 0 Å². The van der Waals surface area contributed by atoms with Gasteiger partial charge in [-0.2, -0.15) is 5.26 Å². The molecule has 0 spiro atoms. The van der Waals surface area contributed by atoms with Gasteiger partial charge in [-0.15, -0.1) is 0 Å². The van der Waals surface area contributed by atoms with Crippen LogP contribution in [-0.4, -0.2) is 55.0 Å². The van der Waals surface area contributed by atoms with E-state index in [-0.39, 0.29) is 5.82 Å². The first-order chi connectivity index (χ1) is 12.3. The number of aryl methyl sites for hydroxylation is 1. The molecule has 1 saturated heterocycles. The van der Waals surface area contributed by atoms with Crippen molar-refractivity contribution >= 4 is 12.1 Å². The van der Waals surface area contributed by atoms with E-state index in [0.29, 0.717) is 5.69 Å². The number of unbranched alkanes of at least 4 members (excludes halogenated alkanes) is 1. The summed E-state index contributed by atoms with van der Waals surface area (Å²) >= 11 is 0. The van der Waals surface area contributed by atoms with Crippen LogP contribution in [0.5, 0.6) is 0 Å². The molecule has 0 radical (unpaired) electrons. The Morgan fingerprint density at radius 2 is 1.96 bits per heavy atom. The third kappa shape index (κ3) is 7.83. The summed E-state index contributed by atoms with van der Waals surface area (Å²) in [7, 11) is 2.07. The number of carbonyl (C=O) groups excluding carboxylic acids is 1. The monoisotopic (exact) mass is 362 g/mol. The van der Waals surface area contributed by atoms with E-state index in [0.717, 1.165) is 57.4 Å². The Labute approximate surface area is 156 Å². The fraction of sp³-hybridized carbons (Fsp3) is 0.600. The van der Waals surface area contributed by atoms with Crippen molar-refractivity contribution in [1.29, 1.82) is 5.26 Å². The molecule has 0 aliphatic carbocycles. The first kappa shape index (κ1) is 21.9. The van der Waals surface area contributed by atoms with Crippen LogP contribution in [0.4, 0.5) is 10.1 Å². The molecule has 2 rings (SSSR count). The summed E-state index contributed by atoms with van der Waals surface area (Å²) in [5, 5.41) is 11.9. The molecule has 0 aromatic heterocycles. The van der Waals surface area contributed by atoms with E-state index in [2.05, 4.69) is 30.3 Å². The lowest BCUT2D eigenvalue weighted by atomic mass is 10.0. The zero-order valence-corrected chi connectivity index (χ0v) is 16.4. The van der Waals surface area contributed by atoms with E-state index in [1.807, 2.05) is 6.07 Å². The van der Waals surface area contributed by atoms with E-state index < -0.39 is 5.54 Å². The Balaban J connectivity index is 0.000000314. The van der Waals surface area contributed by atoms with Crippen LogP contribution in [0.15, 0.2) is 18.2 Å². The van der Waals surface area contributed by atoms with Gasteiger partial charge in [-0.05, 0) is 51.4 Å². The van der Waals surface area contributed by atoms with Crippen molar-refractivity contribution in [3.63, 3.8) is 0 Å². The van der Waals surface area contributed by atoms with Crippen molar-refractivity contribution in [2.75, 3.05) is 38.5 Å². The van der Waals surface area contributed by atoms with Gasteiger partial charge < -0.3 is 15.1 Å². The Kier molecular flexibility index (Phi) is 9.08. The number of halogens is 1. The Morgan fingerprint density at radius 1 is 1.31 bits per heavy atom. The second kappa shape index (κ2) is 10.8. The van der Waals surface area contributed by atoms with Gasteiger partial charge in [0.2, 0.25) is 6.41 Å². The number of rotatable bonds is 6. The summed E-state index contributed by atoms with van der Waals surface area (Å²) in [6.07, 6.45) is 3.74. The van der Waals surface area contributed by atoms with Gasteiger partial charge in [0.25, 0.3) is 0 Å². The highest BCUT2D eigenvalue weighted by Gasteiger charge is 2.16. The number of benzene rings is 1. The number of anilines is 1. The maximum Gasteiger partial charge on any atom is 0.209 e. The lowest BCUT2D eigenvalue weighted by molar-refractivity contribution is -0.119. The molecule has 5 nitrogen and oxygen atoms in total. The van der Waals surface area contributed by atoms with Gasteiger partial charge in [0.15, 0.2) is 0 Å². The molecule has 0 atom stereocenters. The van der Waals surface area contributed by atoms with E-state index in [9.17, 15) is 9.18 Å². The third-order valence-electron chi connectivity index (χ3n) is 4.28. The molecule has 1 aromatic carbocycles. The zero-order valence-electron chi connectivity index (χ0n) is 16.4. The molecular weight excluding hydrogens is 331 g/mol. The lowest BCUT2D eigenvalue weighted by Gasteiger charge is -2.29. The molecule has 1 heterocycles. The maximum atomic E-state index is 13.7. The summed E-state index contributed by atoms with van der Waals surface area (Å²) in [6.45, 7) is 9.41. The normalized spacial score (nSPS) is 14.8. The molecule has 1 aliphatic rings. The molecule has 1 fully saturated rings. The Bertz CT molecular complexity index is 604. The minimum atomic E-state index is -0.683. The number of piperazine rings is 1. The van der Waals surface area contributed by atoms with Gasteiger partial charge in [-0.3, -0.25) is 4.79 Å². The average molecular weight is 362 g/mol.